The Balaban J connectivity index is 1.35. The van der Waals surface area contributed by atoms with Crippen LogP contribution in [-0.4, -0.2) is 46.4 Å². The lowest BCUT2D eigenvalue weighted by Gasteiger charge is -2.36. The van der Waals surface area contributed by atoms with E-state index < -0.39 is 0 Å². The summed E-state index contributed by atoms with van der Waals surface area (Å²) in [5.41, 5.74) is 2.89. The summed E-state index contributed by atoms with van der Waals surface area (Å²) in [6, 6.07) is 10.3. The highest BCUT2D eigenvalue weighted by Crippen LogP contribution is 2.33. The lowest BCUT2D eigenvalue weighted by atomic mass is 9.81. The highest BCUT2D eigenvalue weighted by molar-refractivity contribution is 5.80. The minimum absolute atomic E-state index is 0.0889. The summed E-state index contributed by atoms with van der Waals surface area (Å²) in [7, 11) is 0. The van der Waals surface area contributed by atoms with E-state index in [1.165, 1.54) is 5.56 Å². The second-order valence-corrected chi connectivity index (χ2v) is 9.05. The van der Waals surface area contributed by atoms with Crippen LogP contribution in [0.2, 0.25) is 0 Å². The van der Waals surface area contributed by atoms with Gasteiger partial charge < -0.3 is 14.3 Å². The van der Waals surface area contributed by atoms with Gasteiger partial charge in [0.15, 0.2) is 0 Å². The molecule has 3 heterocycles. The van der Waals surface area contributed by atoms with Crippen molar-refractivity contribution in [1.82, 2.24) is 15.0 Å². The molecule has 0 aliphatic carbocycles. The maximum Gasteiger partial charge on any atom is 0.227 e. The quantitative estimate of drug-likeness (QED) is 0.732. The van der Waals surface area contributed by atoms with Crippen LogP contribution in [0.1, 0.15) is 54.7 Å². The lowest BCUT2D eigenvalue weighted by molar-refractivity contribution is -0.138. The van der Waals surface area contributed by atoms with Crippen LogP contribution in [0, 0.1) is 25.7 Å². The van der Waals surface area contributed by atoms with Crippen molar-refractivity contribution < 1.29 is 14.1 Å². The number of piperidine rings is 1. The van der Waals surface area contributed by atoms with Crippen LogP contribution in [-0.2, 0) is 22.6 Å². The first-order valence-corrected chi connectivity index (χ1v) is 11.5. The summed E-state index contributed by atoms with van der Waals surface area (Å²) >= 11 is 0. The predicted octanol–water partition coefficient (Wildman–Crippen LogP) is 3.90. The molecule has 6 heteroatoms. The number of carbonyl (C=O) groups is 2. The Labute approximate surface area is 184 Å². The van der Waals surface area contributed by atoms with Crippen LogP contribution in [0.4, 0.5) is 0 Å². The van der Waals surface area contributed by atoms with E-state index in [1.807, 2.05) is 36.9 Å². The number of nitrogens with zero attached hydrogens (tertiary/aromatic N) is 3. The Morgan fingerprint density at radius 2 is 1.81 bits per heavy atom. The molecular formula is C25H33N3O3. The van der Waals surface area contributed by atoms with E-state index in [0.29, 0.717) is 24.8 Å². The first-order valence-electron chi connectivity index (χ1n) is 11.5. The van der Waals surface area contributed by atoms with Gasteiger partial charge in [0.05, 0.1) is 12.1 Å². The lowest BCUT2D eigenvalue weighted by Crippen LogP contribution is -2.44. The first-order chi connectivity index (χ1) is 15.0. The largest absolute Gasteiger partial charge is 0.361 e. The molecular weight excluding hydrogens is 390 g/mol. The molecule has 1 aromatic heterocycles. The molecule has 6 nitrogen and oxygen atoms in total. The molecule has 2 aliphatic heterocycles. The van der Waals surface area contributed by atoms with Gasteiger partial charge in [-0.25, -0.2) is 0 Å². The maximum atomic E-state index is 13.4. The molecule has 1 atom stereocenters. The van der Waals surface area contributed by atoms with Crippen LogP contribution in [0.5, 0.6) is 0 Å². The van der Waals surface area contributed by atoms with Crippen molar-refractivity contribution in [3.8, 4) is 0 Å². The van der Waals surface area contributed by atoms with Crippen LogP contribution in [0.25, 0.3) is 0 Å². The van der Waals surface area contributed by atoms with Gasteiger partial charge in [-0.1, -0.05) is 41.9 Å². The number of amides is 2. The second-order valence-electron chi connectivity index (χ2n) is 9.05. The second kappa shape index (κ2) is 9.67. The molecule has 0 bridgehead atoms. The average Bonchev–Trinajstić information content (AvgIpc) is 2.99. The van der Waals surface area contributed by atoms with Crippen LogP contribution >= 0.6 is 0 Å². The molecule has 2 amide bonds. The van der Waals surface area contributed by atoms with Crippen molar-refractivity contribution in [2.24, 2.45) is 11.8 Å². The zero-order valence-electron chi connectivity index (χ0n) is 18.7. The number of hydrogen-bond donors (Lipinski definition) is 0. The maximum absolute atomic E-state index is 13.4. The Morgan fingerprint density at radius 1 is 1.06 bits per heavy atom. The number of aryl methyl sites for hydroxylation is 2. The molecule has 0 radical (unpaired) electrons. The van der Waals surface area contributed by atoms with E-state index in [4.69, 9.17) is 4.52 Å². The zero-order chi connectivity index (χ0) is 21.8. The number of hydrogen-bond acceptors (Lipinski definition) is 4. The van der Waals surface area contributed by atoms with E-state index in [2.05, 4.69) is 22.2 Å². The first kappa shape index (κ1) is 21.6. The number of likely N-dealkylation sites (tertiary alicyclic amines) is 2. The van der Waals surface area contributed by atoms with E-state index in [-0.39, 0.29) is 11.8 Å². The van der Waals surface area contributed by atoms with Crippen LogP contribution in [0.3, 0.4) is 0 Å². The fraction of sp³-hybridized carbons (Fsp3) is 0.560. The summed E-state index contributed by atoms with van der Waals surface area (Å²) in [6.45, 7) is 6.74. The molecule has 2 aromatic rings. The summed E-state index contributed by atoms with van der Waals surface area (Å²) in [5, 5.41) is 3.95. The van der Waals surface area contributed by atoms with Crippen molar-refractivity contribution >= 4 is 11.8 Å². The molecule has 166 valence electrons. The molecule has 2 aliphatic rings. The molecule has 0 saturated carbocycles. The molecule has 1 aromatic carbocycles. The normalized spacial score (nSPS) is 20.7. The molecule has 0 spiro atoms. The smallest absolute Gasteiger partial charge is 0.227 e. The SMILES string of the molecule is Cc1noc(C)c1CC(=O)N1CCC([C@@H]2CCCCN(Cc3ccccc3)C2=O)CC1. The standard InChI is InChI=1S/C25H33N3O3/c1-18-23(19(2)31-26-18)16-24(29)27-14-11-21(12-15-27)22-10-6-7-13-28(25(22)30)17-20-8-4-3-5-9-20/h3-5,8-9,21-22H,6-7,10-17H2,1-2H3/t22-/m0/s1. The zero-order valence-corrected chi connectivity index (χ0v) is 18.7. The molecule has 2 saturated heterocycles. The molecule has 31 heavy (non-hydrogen) atoms. The molecule has 0 unspecified atom stereocenters. The average molecular weight is 424 g/mol. The monoisotopic (exact) mass is 423 g/mol. The van der Waals surface area contributed by atoms with Crippen molar-refractivity contribution in [3.05, 3.63) is 52.9 Å². The van der Waals surface area contributed by atoms with Crippen molar-refractivity contribution in [2.45, 2.75) is 58.9 Å². The van der Waals surface area contributed by atoms with Gasteiger partial charge in [0.25, 0.3) is 0 Å². The van der Waals surface area contributed by atoms with Crippen molar-refractivity contribution in [3.63, 3.8) is 0 Å². The van der Waals surface area contributed by atoms with E-state index in [9.17, 15) is 9.59 Å². The summed E-state index contributed by atoms with van der Waals surface area (Å²) < 4.78 is 5.19. The molecule has 2 fully saturated rings. The fourth-order valence-corrected chi connectivity index (χ4v) is 5.10. The van der Waals surface area contributed by atoms with E-state index in [0.717, 1.165) is 68.8 Å². The summed E-state index contributed by atoms with van der Waals surface area (Å²) in [6.07, 6.45) is 5.31. The molecule has 4 rings (SSSR count). The van der Waals surface area contributed by atoms with Crippen molar-refractivity contribution in [2.75, 3.05) is 19.6 Å². The van der Waals surface area contributed by atoms with Gasteiger partial charge in [-0.2, -0.15) is 0 Å². The van der Waals surface area contributed by atoms with Gasteiger partial charge in [0.2, 0.25) is 11.8 Å². The van der Waals surface area contributed by atoms with Gasteiger partial charge in [0.1, 0.15) is 5.76 Å². The summed E-state index contributed by atoms with van der Waals surface area (Å²) in [4.78, 5) is 30.2. The Bertz CT molecular complexity index is 880. The van der Waals surface area contributed by atoms with Crippen molar-refractivity contribution in [1.29, 1.82) is 0 Å². The van der Waals surface area contributed by atoms with Gasteiger partial charge in [-0.15, -0.1) is 0 Å². The Hall–Kier alpha value is -2.63. The highest BCUT2D eigenvalue weighted by Gasteiger charge is 2.36. The number of benzene rings is 1. The topological polar surface area (TPSA) is 66.7 Å². The third-order valence-electron chi connectivity index (χ3n) is 7.01. The number of rotatable bonds is 5. The number of aromatic nitrogens is 1. The fourth-order valence-electron chi connectivity index (χ4n) is 5.10. The molecule has 0 N–H and O–H groups in total. The number of carbonyl (C=O) groups excluding carboxylic acids is 2. The van der Waals surface area contributed by atoms with E-state index >= 15 is 0 Å². The van der Waals surface area contributed by atoms with Gasteiger partial charge in [0, 0.05) is 37.7 Å². The van der Waals surface area contributed by atoms with Gasteiger partial charge in [-0.3, -0.25) is 9.59 Å². The van der Waals surface area contributed by atoms with Crippen LogP contribution in [0.15, 0.2) is 34.9 Å². The Kier molecular flexibility index (Phi) is 6.73. The Morgan fingerprint density at radius 3 is 2.48 bits per heavy atom. The van der Waals surface area contributed by atoms with Crippen LogP contribution < -0.4 is 0 Å². The third-order valence-corrected chi connectivity index (χ3v) is 7.01. The highest BCUT2D eigenvalue weighted by atomic mass is 16.5. The van der Waals surface area contributed by atoms with Gasteiger partial charge in [-0.05, 0) is 51.0 Å². The third kappa shape index (κ3) is 5.00. The predicted molar refractivity (Wildman–Crippen MR) is 118 cm³/mol. The minimum atomic E-state index is 0.0889. The summed E-state index contributed by atoms with van der Waals surface area (Å²) in [5.74, 6) is 1.62. The van der Waals surface area contributed by atoms with E-state index in [1.54, 1.807) is 0 Å². The minimum Gasteiger partial charge on any atom is -0.361 e. The van der Waals surface area contributed by atoms with Gasteiger partial charge >= 0.3 is 0 Å².